The third-order valence-electron chi connectivity index (χ3n) is 4.31. The molecule has 1 aromatic carbocycles. The van der Waals surface area contributed by atoms with Gasteiger partial charge in [0.2, 0.25) is 0 Å². The standard InChI is InChI=1S/C18H23N3O4S/c1-21(2)12-5-3-4-11(6-12)8-19-17(24)13-10-26-18(20-13)15-7-14(23)16(9-22)25-15/h3-6,10,14-16,22-23H,7-9H2,1-2H3,(H,19,24)/t14-,15+,16+/m0/s1. The molecule has 2 heterocycles. The van der Waals surface area contributed by atoms with Gasteiger partial charge < -0.3 is 25.2 Å². The van der Waals surface area contributed by atoms with Gasteiger partial charge in [-0.15, -0.1) is 11.3 Å². The van der Waals surface area contributed by atoms with E-state index in [9.17, 15) is 9.90 Å². The van der Waals surface area contributed by atoms with Crippen LogP contribution in [0.25, 0.3) is 0 Å². The zero-order valence-corrected chi connectivity index (χ0v) is 15.6. The second-order valence-electron chi connectivity index (χ2n) is 6.47. The summed E-state index contributed by atoms with van der Waals surface area (Å²) in [6, 6.07) is 7.95. The molecule has 8 heteroatoms. The highest BCUT2D eigenvalue weighted by Gasteiger charge is 2.36. The fourth-order valence-corrected chi connectivity index (χ4v) is 3.66. The molecular formula is C18H23N3O4S. The average Bonchev–Trinajstić information content (AvgIpc) is 3.26. The fourth-order valence-electron chi connectivity index (χ4n) is 2.81. The van der Waals surface area contributed by atoms with E-state index in [0.717, 1.165) is 11.3 Å². The Morgan fingerprint density at radius 2 is 2.27 bits per heavy atom. The molecule has 3 rings (SSSR count). The summed E-state index contributed by atoms with van der Waals surface area (Å²) in [5.41, 5.74) is 2.41. The van der Waals surface area contributed by atoms with E-state index >= 15 is 0 Å². The lowest BCUT2D eigenvalue weighted by atomic mass is 10.1. The summed E-state index contributed by atoms with van der Waals surface area (Å²) in [5.74, 6) is -0.250. The fraction of sp³-hybridized carbons (Fsp3) is 0.444. The number of hydrogen-bond acceptors (Lipinski definition) is 7. The Labute approximate surface area is 156 Å². The Morgan fingerprint density at radius 1 is 1.46 bits per heavy atom. The van der Waals surface area contributed by atoms with Crippen molar-refractivity contribution in [1.29, 1.82) is 0 Å². The highest BCUT2D eigenvalue weighted by Crippen LogP contribution is 2.34. The normalized spacial score (nSPS) is 22.4. The van der Waals surface area contributed by atoms with Crippen molar-refractivity contribution in [3.05, 3.63) is 45.9 Å². The predicted molar refractivity (Wildman–Crippen MR) is 99.4 cm³/mol. The Kier molecular flexibility index (Phi) is 5.87. The first-order valence-corrected chi connectivity index (χ1v) is 9.30. The molecule has 1 fully saturated rings. The van der Waals surface area contributed by atoms with Crippen LogP contribution < -0.4 is 10.2 Å². The number of rotatable bonds is 6. The van der Waals surface area contributed by atoms with Crippen molar-refractivity contribution in [3.8, 4) is 0 Å². The molecule has 0 unspecified atom stereocenters. The van der Waals surface area contributed by atoms with Gasteiger partial charge in [0.15, 0.2) is 0 Å². The summed E-state index contributed by atoms with van der Waals surface area (Å²) in [6.07, 6.45) is -1.32. The molecule has 7 nitrogen and oxygen atoms in total. The predicted octanol–water partition coefficient (Wildman–Crippen LogP) is 1.32. The zero-order valence-electron chi connectivity index (χ0n) is 14.8. The van der Waals surface area contributed by atoms with Crippen molar-refractivity contribution in [1.82, 2.24) is 10.3 Å². The molecule has 1 aromatic heterocycles. The maximum Gasteiger partial charge on any atom is 0.271 e. The van der Waals surface area contributed by atoms with Crippen molar-refractivity contribution in [2.24, 2.45) is 0 Å². The molecule has 1 amide bonds. The number of nitrogens with one attached hydrogen (secondary N) is 1. The van der Waals surface area contributed by atoms with E-state index in [-0.39, 0.29) is 18.6 Å². The van der Waals surface area contributed by atoms with Crippen LogP contribution in [0.1, 0.15) is 33.6 Å². The number of aromatic nitrogens is 1. The quantitative estimate of drug-likeness (QED) is 0.703. The summed E-state index contributed by atoms with van der Waals surface area (Å²) in [5, 5.41) is 24.2. The SMILES string of the molecule is CN(C)c1cccc(CNC(=O)c2csc([C@H]3C[C@H](O)[C@@H](CO)O3)n2)c1. The lowest BCUT2D eigenvalue weighted by molar-refractivity contribution is -0.0226. The number of carbonyl (C=O) groups excluding carboxylic acids is 1. The number of nitrogens with zero attached hydrogens (tertiary/aromatic N) is 2. The molecule has 1 saturated heterocycles. The summed E-state index contributed by atoms with van der Waals surface area (Å²) in [4.78, 5) is 18.7. The van der Waals surface area contributed by atoms with E-state index in [1.807, 2.05) is 43.3 Å². The summed E-state index contributed by atoms with van der Waals surface area (Å²) >= 11 is 1.32. The van der Waals surface area contributed by atoms with Crippen molar-refractivity contribution in [3.63, 3.8) is 0 Å². The van der Waals surface area contributed by atoms with Crippen LogP contribution in [0.5, 0.6) is 0 Å². The number of thiazole rings is 1. The maximum atomic E-state index is 12.3. The molecule has 1 aliphatic rings. The summed E-state index contributed by atoms with van der Waals surface area (Å²) in [6.45, 7) is 0.182. The van der Waals surface area contributed by atoms with Gasteiger partial charge in [-0.3, -0.25) is 4.79 Å². The molecule has 2 aromatic rings. The Balaban J connectivity index is 1.59. The molecule has 26 heavy (non-hydrogen) atoms. The second kappa shape index (κ2) is 8.13. The third kappa shape index (κ3) is 4.21. The number of carbonyl (C=O) groups is 1. The Hall–Kier alpha value is -2.00. The van der Waals surface area contributed by atoms with Gasteiger partial charge in [0.1, 0.15) is 22.9 Å². The first-order valence-electron chi connectivity index (χ1n) is 8.42. The first kappa shape index (κ1) is 18.8. The summed E-state index contributed by atoms with van der Waals surface area (Å²) in [7, 11) is 3.94. The Morgan fingerprint density at radius 3 is 2.96 bits per heavy atom. The van der Waals surface area contributed by atoms with E-state index in [0.29, 0.717) is 23.7 Å². The van der Waals surface area contributed by atoms with E-state index < -0.39 is 12.2 Å². The van der Waals surface area contributed by atoms with Crippen molar-refractivity contribution in [2.75, 3.05) is 25.6 Å². The molecule has 0 spiro atoms. The highest BCUT2D eigenvalue weighted by molar-refractivity contribution is 7.09. The van der Waals surface area contributed by atoms with Crippen LogP contribution in [0, 0.1) is 0 Å². The van der Waals surface area contributed by atoms with Gasteiger partial charge in [0.05, 0.1) is 12.7 Å². The van der Waals surface area contributed by atoms with Crippen molar-refractivity contribution < 1.29 is 19.7 Å². The molecular weight excluding hydrogens is 354 g/mol. The van der Waals surface area contributed by atoms with Gasteiger partial charge in [0, 0.05) is 38.1 Å². The molecule has 0 aliphatic carbocycles. The lowest BCUT2D eigenvalue weighted by Gasteiger charge is -2.13. The van der Waals surface area contributed by atoms with Crippen LogP contribution >= 0.6 is 11.3 Å². The van der Waals surface area contributed by atoms with Crippen LogP contribution in [0.3, 0.4) is 0 Å². The zero-order chi connectivity index (χ0) is 18.7. The summed E-state index contributed by atoms with van der Waals surface area (Å²) < 4.78 is 5.58. The number of hydrogen-bond donors (Lipinski definition) is 3. The lowest BCUT2D eigenvalue weighted by Crippen LogP contribution is -2.24. The molecule has 1 aliphatic heterocycles. The number of amides is 1. The van der Waals surface area contributed by atoms with Crippen molar-refractivity contribution in [2.45, 2.75) is 31.3 Å². The van der Waals surface area contributed by atoms with E-state index in [1.165, 1.54) is 11.3 Å². The van der Waals surface area contributed by atoms with Crippen LogP contribution in [0.15, 0.2) is 29.6 Å². The van der Waals surface area contributed by atoms with Gasteiger partial charge in [0.25, 0.3) is 5.91 Å². The number of anilines is 1. The molecule has 0 bridgehead atoms. The van der Waals surface area contributed by atoms with Crippen LogP contribution in [-0.2, 0) is 11.3 Å². The van der Waals surface area contributed by atoms with Gasteiger partial charge in [-0.2, -0.15) is 0 Å². The second-order valence-corrected chi connectivity index (χ2v) is 7.36. The number of aliphatic hydroxyl groups excluding tert-OH is 2. The molecule has 3 N–H and O–H groups in total. The molecule has 0 saturated carbocycles. The minimum Gasteiger partial charge on any atom is -0.394 e. The minimum atomic E-state index is -0.713. The number of aliphatic hydroxyl groups is 2. The van der Waals surface area contributed by atoms with Crippen LogP contribution in [0.4, 0.5) is 5.69 Å². The number of ether oxygens (including phenoxy) is 1. The van der Waals surface area contributed by atoms with Gasteiger partial charge in [-0.1, -0.05) is 12.1 Å². The topological polar surface area (TPSA) is 94.9 Å². The van der Waals surface area contributed by atoms with Crippen molar-refractivity contribution >= 4 is 22.9 Å². The van der Waals surface area contributed by atoms with Gasteiger partial charge in [-0.05, 0) is 17.7 Å². The van der Waals surface area contributed by atoms with E-state index in [4.69, 9.17) is 9.84 Å². The number of benzene rings is 1. The van der Waals surface area contributed by atoms with Crippen LogP contribution in [-0.4, -0.2) is 54.0 Å². The highest BCUT2D eigenvalue weighted by atomic mass is 32.1. The van der Waals surface area contributed by atoms with Gasteiger partial charge >= 0.3 is 0 Å². The first-order chi connectivity index (χ1) is 12.5. The van der Waals surface area contributed by atoms with Crippen LogP contribution in [0.2, 0.25) is 0 Å². The largest absolute Gasteiger partial charge is 0.394 e. The molecule has 140 valence electrons. The van der Waals surface area contributed by atoms with E-state index in [2.05, 4.69) is 10.3 Å². The average molecular weight is 377 g/mol. The monoisotopic (exact) mass is 377 g/mol. The molecule has 3 atom stereocenters. The maximum absolute atomic E-state index is 12.3. The van der Waals surface area contributed by atoms with E-state index in [1.54, 1.807) is 5.38 Å². The third-order valence-corrected chi connectivity index (χ3v) is 5.25. The minimum absolute atomic E-state index is 0.234. The Bertz CT molecular complexity index is 764. The van der Waals surface area contributed by atoms with Gasteiger partial charge in [-0.25, -0.2) is 4.98 Å². The molecule has 0 radical (unpaired) electrons. The smallest absolute Gasteiger partial charge is 0.271 e.